The molecule has 1 fully saturated rings. The van der Waals surface area contributed by atoms with Crippen molar-refractivity contribution >= 4 is 27.5 Å². The third-order valence-corrected chi connectivity index (χ3v) is 4.06. The van der Waals surface area contributed by atoms with E-state index in [2.05, 4.69) is 31.5 Å². The molecule has 0 radical (unpaired) electrons. The van der Waals surface area contributed by atoms with Gasteiger partial charge in [0.15, 0.2) is 0 Å². The van der Waals surface area contributed by atoms with Crippen LogP contribution in [-0.4, -0.2) is 56.7 Å². The summed E-state index contributed by atoms with van der Waals surface area (Å²) in [4.78, 5) is 14.2. The fraction of sp³-hybridized carbons (Fsp3) is 0.533. The van der Waals surface area contributed by atoms with E-state index in [1.807, 2.05) is 24.3 Å². The number of amides is 1. The minimum atomic E-state index is -0.0201. The molecule has 6 heteroatoms. The molecule has 0 spiro atoms. The molecule has 2 N–H and O–H groups in total. The van der Waals surface area contributed by atoms with Crippen molar-refractivity contribution < 1.29 is 9.53 Å². The van der Waals surface area contributed by atoms with E-state index in [9.17, 15) is 4.79 Å². The Bertz CT molecular complexity index is 450. The molecule has 0 aliphatic carbocycles. The number of rotatable bonds is 7. The lowest BCUT2D eigenvalue weighted by molar-refractivity contribution is -0.115. The summed E-state index contributed by atoms with van der Waals surface area (Å²) in [5, 5.41) is 6.05. The minimum Gasteiger partial charge on any atom is -0.379 e. The van der Waals surface area contributed by atoms with Crippen molar-refractivity contribution in [2.75, 3.05) is 51.3 Å². The molecular weight excluding hydrogens is 334 g/mol. The van der Waals surface area contributed by atoms with Crippen molar-refractivity contribution in [2.45, 2.75) is 6.42 Å². The Morgan fingerprint density at radius 2 is 2.05 bits per heavy atom. The monoisotopic (exact) mass is 355 g/mol. The van der Waals surface area contributed by atoms with E-state index >= 15 is 0 Å². The predicted molar refractivity (Wildman–Crippen MR) is 87.5 cm³/mol. The Morgan fingerprint density at radius 3 is 2.81 bits per heavy atom. The van der Waals surface area contributed by atoms with Crippen LogP contribution in [0.25, 0.3) is 0 Å². The number of benzene rings is 1. The highest BCUT2D eigenvalue weighted by atomic mass is 79.9. The summed E-state index contributed by atoms with van der Waals surface area (Å²) in [6.07, 6.45) is 1.04. The molecule has 1 amide bonds. The SMILES string of the molecule is O=C(CNCCCN1CCOCC1)Nc1ccccc1Br. The Hall–Kier alpha value is -0.950. The van der Waals surface area contributed by atoms with Crippen molar-refractivity contribution in [3.63, 3.8) is 0 Å². The average Bonchev–Trinajstić information content (AvgIpc) is 2.50. The van der Waals surface area contributed by atoms with Gasteiger partial charge in [0.05, 0.1) is 25.4 Å². The number of para-hydroxylation sites is 1. The lowest BCUT2D eigenvalue weighted by Gasteiger charge is -2.26. The third-order valence-electron chi connectivity index (χ3n) is 3.37. The number of halogens is 1. The molecule has 0 atom stereocenters. The molecule has 1 saturated heterocycles. The van der Waals surface area contributed by atoms with Crippen LogP contribution < -0.4 is 10.6 Å². The Balaban J connectivity index is 1.56. The Morgan fingerprint density at radius 1 is 1.29 bits per heavy atom. The second kappa shape index (κ2) is 9.15. The molecule has 1 aromatic carbocycles. The van der Waals surface area contributed by atoms with Gasteiger partial charge in [0.25, 0.3) is 0 Å². The summed E-state index contributed by atoms with van der Waals surface area (Å²) in [5.74, 6) is -0.0201. The molecule has 21 heavy (non-hydrogen) atoms. The Labute approximate surface area is 134 Å². The van der Waals surface area contributed by atoms with E-state index in [1.54, 1.807) is 0 Å². The van der Waals surface area contributed by atoms with Crippen LogP contribution in [0.15, 0.2) is 28.7 Å². The van der Waals surface area contributed by atoms with Gasteiger partial charge in [-0.3, -0.25) is 9.69 Å². The maximum atomic E-state index is 11.8. The normalized spacial score (nSPS) is 15.9. The van der Waals surface area contributed by atoms with Gasteiger partial charge in [0, 0.05) is 17.6 Å². The van der Waals surface area contributed by atoms with Gasteiger partial charge in [-0.05, 0) is 47.6 Å². The predicted octanol–water partition coefficient (Wildman–Crippen LogP) is 1.70. The fourth-order valence-electron chi connectivity index (χ4n) is 2.21. The molecule has 116 valence electrons. The van der Waals surface area contributed by atoms with Gasteiger partial charge in [0.2, 0.25) is 5.91 Å². The fourth-order valence-corrected chi connectivity index (χ4v) is 2.60. The van der Waals surface area contributed by atoms with Crippen molar-refractivity contribution in [1.82, 2.24) is 10.2 Å². The van der Waals surface area contributed by atoms with E-state index in [0.717, 1.165) is 56.0 Å². The van der Waals surface area contributed by atoms with E-state index in [0.29, 0.717) is 6.54 Å². The number of ether oxygens (including phenoxy) is 1. The minimum absolute atomic E-state index is 0.0201. The standard InChI is InChI=1S/C15H22BrN3O2/c16-13-4-1-2-5-14(13)18-15(20)12-17-6-3-7-19-8-10-21-11-9-19/h1-2,4-5,17H,3,6-12H2,(H,18,20). The van der Waals surface area contributed by atoms with Crippen LogP contribution in [0.5, 0.6) is 0 Å². The number of nitrogens with one attached hydrogen (secondary N) is 2. The first kappa shape index (κ1) is 16.4. The second-order valence-electron chi connectivity index (χ2n) is 5.01. The second-order valence-corrected chi connectivity index (χ2v) is 5.87. The van der Waals surface area contributed by atoms with E-state index < -0.39 is 0 Å². The molecule has 1 heterocycles. The molecule has 5 nitrogen and oxygen atoms in total. The van der Waals surface area contributed by atoms with Gasteiger partial charge < -0.3 is 15.4 Å². The molecule has 0 aromatic heterocycles. The number of morpholine rings is 1. The van der Waals surface area contributed by atoms with Crippen LogP contribution in [-0.2, 0) is 9.53 Å². The first-order chi connectivity index (χ1) is 10.3. The zero-order chi connectivity index (χ0) is 14.9. The van der Waals surface area contributed by atoms with Gasteiger partial charge in [0.1, 0.15) is 0 Å². The summed E-state index contributed by atoms with van der Waals surface area (Å²) in [6, 6.07) is 7.60. The van der Waals surface area contributed by atoms with Crippen molar-refractivity contribution in [2.24, 2.45) is 0 Å². The molecule has 0 bridgehead atoms. The summed E-state index contributed by atoms with van der Waals surface area (Å²) >= 11 is 3.41. The van der Waals surface area contributed by atoms with E-state index in [-0.39, 0.29) is 5.91 Å². The maximum absolute atomic E-state index is 11.8. The van der Waals surface area contributed by atoms with Gasteiger partial charge in [-0.25, -0.2) is 0 Å². The molecule has 1 aromatic rings. The summed E-state index contributed by atoms with van der Waals surface area (Å²) in [6.45, 7) is 5.95. The maximum Gasteiger partial charge on any atom is 0.238 e. The van der Waals surface area contributed by atoms with E-state index in [1.165, 1.54) is 0 Å². The summed E-state index contributed by atoms with van der Waals surface area (Å²) < 4.78 is 6.20. The van der Waals surface area contributed by atoms with Crippen molar-refractivity contribution in [1.29, 1.82) is 0 Å². The van der Waals surface area contributed by atoms with Gasteiger partial charge >= 0.3 is 0 Å². The van der Waals surface area contributed by atoms with Gasteiger partial charge in [-0.1, -0.05) is 12.1 Å². The van der Waals surface area contributed by atoms with E-state index in [4.69, 9.17) is 4.74 Å². The number of nitrogens with zero attached hydrogens (tertiary/aromatic N) is 1. The zero-order valence-electron chi connectivity index (χ0n) is 12.1. The van der Waals surface area contributed by atoms with Crippen LogP contribution in [0.4, 0.5) is 5.69 Å². The van der Waals surface area contributed by atoms with Crippen molar-refractivity contribution in [3.05, 3.63) is 28.7 Å². The molecule has 0 saturated carbocycles. The topological polar surface area (TPSA) is 53.6 Å². The third kappa shape index (κ3) is 6.13. The lowest BCUT2D eigenvalue weighted by atomic mass is 10.3. The number of hydrogen-bond donors (Lipinski definition) is 2. The highest BCUT2D eigenvalue weighted by molar-refractivity contribution is 9.10. The first-order valence-electron chi connectivity index (χ1n) is 7.31. The molecule has 0 unspecified atom stereocenters. The van der Waals surface area contributed by atoms with Crippen molar-refractivity contribution in [3.8, 4) is 0 Å². The first-order valence-corrected chi connectivity index (χ1v) is 8.10. The lowest BCUT2D eigenvalue weighted by Crippen LogP contribution is -2.38. The summed E-state index contributed by atoms with van der Waals surface area (Å²) in [5.41, 5.74) is 0.803. The smallest absolute Gasteiger partial charge is 0.238 e. The summed E-state index contributed by atoms with van der Waals surface area (Å²) in [7, 11) is 0. The molecule has 1 aliphatic heterocycles. The highest BCUT2D eigenvalue weighted by Crippen LogP contribution is 2.20. The van der Waals surface area contributed by atoms with Crippen LogP contribution in [0, 0.1) is 0 Å². The Kier molecular flexibility index (Phi) is 7.15. The quantitative estimate of drug-likeness (QED) is 0.731. The van der Waals surface area contributed by atoms with Crippen LogP contribution in [0.3, 0.4) is 0 Å². The van der Waals surface area contributed by atoms with Crippen LogP contribution in [0.2, 0.25) is 0 Å². The van der Waals surface area contributed by atoms with Crippen LogP contribution >= 0.6 is 15.9 Å². The van der Waals surface area contributed by atoms with Gasteiger partial charge in [-0.2, -0.15) is 0 Å². The number of hydrogen-bond acceptors (Lipinski definition) is 4. The number of anilines is 1. The number of carbonyl (C=O) groups is 1. The highest BCUT2D eigenvalue weighted by Gasteiger charge is 2.09. The molecular formula is C15H22BrN3O2. The average molecular weight is 356 g/mol. The zero-order valence-corrected chi connectivity index (χ0v) is 13.7. The van der Waals surface area contributed by atoms with Crippen LogP contribution in [0.1, 0.15) is 6.42 Å². The van der Waals surface area contributed by atoms with Gasteiger partial charge in [-0.15, -0.1) is 0 Å². The largest absolute Gasteiger partial charge is 0.379 e. The molecule has 2 rings (SSSR count). The number of carbonyl (C=O) groups excluding carboxylic acids is 1. The molecule has 1 aliphatic rings.